The van der Waals surface area contributed by atoms with Gasteiger partial charge in [-0.3, -0.25) is 9.36 Å². The number of imidazole rings is 1. The summed E-state index contributed by atoms with van der Waals surface area (Å²) in [6, 6.07) is 7.52. The minimum Gasteiger partial charge on any atom is -0.324 e. The molecule has 2 rings (SSSR count). The topological polar surface area (TPSA) is 56.0 Å². The predicted molar refractivity (Wildman–Crippen MR) is 69.5 cm³/mol. The van der Waals surface area contributed by atoms with Gasteiger partial charge in [0, 0.05) is 25.1 Å². The molecule has 0 spiro atoms. The second-order valence-electron chi connectivity index (χ2n) is 4.18. The second-order valence-corrected chi connectivity index (χ2v) is 4.18. The molecule has 5 nitrogen and oxygen atoms in total. The lowest BCUT2D eigenvalue weighted by molar-refractivity contribution is -0.116. The lowest BCUT2D eigenvalue weighted by Crippen LogP contribution is -2.28. The zero-order valence-corrected chi connectivity index (χ0v) is 10.4. The fourth-order valence-corrected chi connectivity index (χ4v) is 1.69. The van der Waals surface area contributed by atoms with Gasteiger partial charge >= 0.3 is 5.69 Å². The Morgan fingerprint density at radius 2 is 2.00 bits per heavy atom. The number of para-hydroxylation sites is 1. The van der Waals surface area contributed by atoms with Gasteiger partial charge in [-0.25, -0.2) is 4.79 Å². The van der Waals surface area contributed by atoms with Gasteiger partial charge < -0.3 is 9.88 Å². The van der Waals surface area contributed by atoms with Gasteiger partial charge in [0.1, 0.15) is 6.54 Å². The van der Waals surface area contributed by atoms with Gasteiger partial charge in [0.15, 0.2) is 0 Å². The third-order valence-corrected chi connectivity index (χ3v) is 2.75. The highest BCUT2D eigenvalue weighted by Crippen LogP contribution is 2.12. The monoisotopic (exact) mass is 245 g/mol. The number of hydrogen-bond donors (Lipinski definition) is 1. The van der Waals surface area contributed by atoms with E-state index < -0.39 is 0 Å². The van der Waals surface area contributed by atoms with E-state index in [0.717, 1.165) is 11.3 Å². The number of benzene rings is 1. The third-order valence-electron chi connectivity index (χ3n) is 2.75. The summed E-state index contributed by atoms with van der Waals surface area (Å²) in [6.07, 6.45) is 3.23. The Labute approximate surface area is 105 Å². The number of carbonyl (C=O) groups is 1. The Balaban J connectivity index is 2.08. The zero-order valence-electron chi connectivity index (χ0n) is 10.4. The minimum absolute atomic E-state index is 0.0218. The highest BCUT2D eigenvalue weighted by molar-refractivity contribution is 5.91. The Morgan fingerprint density at radius 1 is 1.28 bits per heavy atom. The van der Waals surface area contributed by atoms with Crippen molar-refractivity contribution >= 4 is 11.6 Å². The van der Waals surface area contributed by atoms with Crippen LogP contribution in [0.25, 0.3) is 0 Å². The molecule has 0 fully saturated rings. The molecule has 0 saturated heterocycles. The first-order valence-electron chi connectivity index (χ1n) is 5.65. The highest BCUT2D eigenvalue weighted by Gasteiger charge is 2.07. The Bertz CT molecular complexity index is 625. The van der Waals surface area contributed by atoms with E-state index in [2.05, 4.69) is 5.32 Å². The molecular weight excluding hydrogens is 230 g/mol. The fourth-order valence-electron chi connectivity index (χ4n) is 1.69. The molecule has 0 bridgehead atoms. The molecule has 2 aromatic rings. The predicted octanol–water partition coefficient (Wildman–Crippen LogP) is 1.13. The van der Waals surface area contributed by atoms with Crippen LogP contribution in [0.4, 0.5) is 5.69 Å². The molecule has 0 radical (unpaired) electrons. The molecule has 0 aliphatic rings. The van der Waals surface area contributed by atoms with Gasteiger partial charge in [0.2, 0.25) is 5.91 Å². The summed E-state index contributed by atoms with van der Waals surface area (Å²) in [5, 5.41) is 2.79. The number of rotatable bonds is 3. The van der Waals surface area contributed by atoms with E-state index in [9.17, 15) is 9.59 Å². The molecule has 1 aromatic carbocycles. The molecule has 1 N–H and O–H groups in total. The Kier molecular flexibility index (Phi) is 3.32. The highest BCUT2D eigenvalue weighted by atomic mass is 16.2. The quantitative estimate of drug-likeness (QED) is 0.881. The number of nitrogens with one attached hydrogen (secondary N) is 1. The average molecular weight is 245 g/mol. The zero-order chi connectivity index (χ0) is 13.1. The minimum atomic E-state index is -0.211. The van der Waals surface area contributed by atoms with Crippen LogP contribution in [-0.2, 0) is 18.4 Å². The first-order valence-corrected chi connectivity index (χ1v) is 5.65. The van der Waals surface area contributed by atoms with E-state index in [0.29, 0.717) is 0 Å². The second kappa shape index (κ2) is 4.91. The van der Waals surface area contributed by atoms with E-state index >= 15 is 0 Å². The van der Waals surface area contributed by atoms with Crippen molar-refractivity contribution < 1.29 is 4.79 Å². The summed E-state index contributed by atoms with van der Waals surface area (Å²) in [7, 11) is 1.65. The number of anilines is 1. The van der Waals surface area contributed by atoms with Gasteiger partial charge in [0.25, 0.3) is 0 Å². The summed E-state index contributed by atoms with van der Waals surface area (Å²) in [5.41, 5.74) is 1.56. The Hall–Kier alpha value is -2.30. The molecule has 1 heterocycles. The van der Waals surface area contributed by atoms with Crippen LogP contribution < -0.4 is 11.0 Å². The van der Waals surface area contributed by atoms with Gasteiger partial charge in [0.05, 0.1) is 0 Å². The summed E-state index contributed by atoms with van der Waals surface area (Å²) in [4.78, 5) is 23.4. The maximum absolute atomic E-state index is 11.8. The maximum atomic E-state index is 11.8. The van der Waals surface area contributed by atoms with Crippen LogP contribution in [0.2, 0.25) is 0 Å². The standard InChI is InChI=1S/C13H15N3O2/c1-10-5-3-4-6-11(10)14-12(17)9-16-8-7-15(2)13(16)18/h3-8H,9H2,1-2H3,(H,14,17). The lowest BCUT2D eigenvalue weighted by Gasteiger charge is -2.07. The number of nitrogens with zero attached hydrogens (tertiary/aromatic N) is 2. The van der Waals surface area contributed by atoms with Crippen LogP contribution in [0.1, 0.15) is 5.56 Å². The number of aryl methyl sites for hydroxylation is 2. The van der Waals surface area contributed by atoms with Gasteiger partial charge in [-0.2, -0.15) is 0 Å². The summed E-state index contributed by atoms with van der Waals surface area (Å²) >= 11 is 0. The average Bonchev–Trinajstić information content (AvgIpc) is 2.64. The molecule has 1 amide bonds. The van der Waals surface area contributed by atoms with Crippen LogP contribution in [0.3, 0.4) is 0 Å². The number of aromatic nitrogens is 2. The number of amides is 1. The molecule has 94 valence electrons. The molecule has 5 heteroatoms. The van der Waals surface area contributed by atoms with E-state index in [1.54, 1.807) is 19.4 Å². The summed E-state index contributed by atoms with van der Waals surface area (Å²) < 4.78 is 2.80. The third kappa shape index (κ3) is 2.51. The van der Waals surface area contributed by atoms with Gasteiger partial charge in [-0.05, 0) is 18.6 Å². The molecule has 0 unspecified atom stereocenters. The van der Waals surface area contributed by atoms with Crippen molar-refractivity contribution in [2.75, 3.05) is 5.32 Å². The summed E-state index contributed by atoms with van der Waals surface area (Å²) in [6.45, 7) is 1.94. The fraction of sp³-hybridized carbons (Fsp3) is 0.231. The molecule has 0 saturated carbocycles. The first-order chi connectivity index (χ1) is 8.58. The maximum Gasteiger partial charge on any atom is 0.328 e. The Morgan fingerprint density at radius 3 is 2.61 bits per heavy atom. The van der Waals surface area contributed by atoms with Crippen LogP contribution in [0.15, 0.2) is 41.5 Å². The van der Waals surface area contributed by atoms with Crippen molar-refractivity contribution in [2.45, 2.75) is 13.5 Å². The summed E-state index contributed by atoms with van der Waals surface area (Å²) in [5.74, 6) is -0.211. The van der Waals surface area contributed by atoms with E-state index in [-0.39, 0.29) is 18.1 Å². The SMILES string of the molecule is Cc1ccccc1NC(=O)Cn1ccn(C)c1=O. The van der Waals surface area contributed by atoms with Crippen molar-refractivity contribution in [1.29, 1.82) is 0 Å². The normalized spacial score (nSPS) is 10.3. The lowest BCUT2D eigenvalue weighted by atomic mass is 10.2. The van der Waals surface area contributed by atoms with Crippen molar-refractivity contribution in [3.63, 3.8) is 0 Å². The van der Waals surface area contributed by atoms with Crippen LogP contribution in [-0.4, -0.2) is 15.0 Å². The van der Waals surface area contributed by atoms with Crippen LogP contribution >= 0.6 is 0 Å². The molecule has 0 aliphatic carbocycles. The van der Waals surface area contributed by atoms with Gasteiger partial charge in [-0.1, -0.05) is 18.2 Å². The smallest absolute Gasteiger partial charge is 0.324 e. The largest absolute Gasteiger partial charge is 0.328 e. The van der Waals surface area contributed by atoms with Crippen molar-refractivity contribution in [3.05, 3.63) is 52.7 Å². The van der Waals surface area contributed by atoms with Gasteiger partial charge in [-0.15, -0.1) is 0 Å². The van der Waals surface area contributed by atoms with Crippen molar-refractivity contribution in [1.82, 2.24) is 9.13 Å². The van der Waals surface area contributed by atoms with Crippen molar-refractivity contribution in [3.8, 4) is 0 Å². The van der Waals surface area contributed by atoms with E-state index in [1.165, 1.54) is 9.13 Å². The first kappa shape index (κ1) is 12.2. The number of hydrogen-bond acceptors (Lipinski definition) is 2. The van der Waals surface area contributed by atoms with Crippen LogP contribution in [0, 0.1) is 6.92 Å². The van der Waals surface area contributed by atoms with E-state index in [1.807, 2.05) is 31.2 Å². The molecule has 0 atom stereocenters. The van der Waals surface area contributed by atoms with Crippen molar-refractivity contribution in [2.24, 2.45) is 7.05 Å². The van der Waals surface area contributed by atoms with E-state index in [4.69, 9.17) is 0 Å². The molecular formula is C13H15N3O2. The molecule has 0 aliphatic heterocycles. The molecule has 1 aromatic heterocycles. The molecule has 18 heavy (non-hydrogen) atoms. The van der Waals surface area contributed by atoms with Crippen LogP contribution in [0.5, 0.6) is 0 Å². The number of carbonyl (C=O) groups excluding carboxylic acids is 1.